The Bertz CT molecular complexity index is 477. The van der Waals surface area contributed by atoms with E-state index in [0.717, 1.165) is 12.8 Å². The summed E-state index contributed by atoms with van der Waals surface area (Å²) in [6.07, 6.45) is 8.81. The molecule has 18 heavy (non-hydrogen) atoms. The maximum atomic E-state index is 12.0. The van der Waals surface area contributed by atoms with Gasteiger partial charge < -0.3 is 5.11 Å². The van der Waals surface area contributed by atoms with E-state index in [2.05, 4.69) is 5.10 Å². The lowest BCUT2D eigenvalue weighted by Crippen LogP contribution is -2.42. The summed E-state index contributed by atoms with van der Waals surface area (Å²) in [6.45, 7) is 0. The van der Waals surface area contributed by atoms with Crippen LogP contribution in [0.15, 0.2) is 23.1 Å². The van der Waals surface area contributed by atoms with E-state index < -0.39 is 0 Å². The summed E-state index contributed by atoms with van der Waals surface area (Å²) in [5.41, 5.74) is 0.167. The normalized spacial score (nSPS) is 30.7. The fraction of sp³-hybridized carbons (Fsp3) is 0.714. The maximum absolute atomic E-state index is 12.0. The number of aromatic nitrogens is 2. The molecule has 3 rings (SSSR count). The molecule has 2 aliphatic carbocycles. The van der Waals surface area contributed by atoms with Gasteiger partial charge in [-0.25, -0.2) is 4.68 Å². The molecule has 0 saturated heterocycles. The molecule has 1 N–H and O–H groups in total. The smallest absolute Gasteiger partial charge is 0.267 e. The van der Waals surface area contributed by atoms with E-state index in [1.165, 1.54) is 25.7 Å². The van der Waals surface area contributed by atoms with Crippen molar-refractivity contribution in [2.24, 2.45) is 5.41 Å². The lowest BCUT2D eigenvalue weighted by molar-refractivity contribution is 0.0103. The van der Waals surface area contributed by atoms with E-state index in [9.17, 15) is 9.90 Å². The first kappa shape index (κ1) is 11.9. The van der Waals surface area contributed by atoms with Gasteiger partial charge in [0.15, 0.2) is 0 Å². The van der Waals surface area contributed by atoms with E-state index in [-0.39, 0.29) is 23.1 Å². The molecule has 4 nitrogen and oxygen atoms in total. The number of hydrogen-bond acceptors (Lipinski definition) is 3. The molecule has 2 atom stereocenters. The SMILES string of the molecule is O=c1cccnn1C1CC(O)CCC12CCCC2. The van der Waals surface area contributed by atoms with Gasteiger partial charge in [0, 0.05) is 12.3 Å². The molecule has 0 aliphatic heterocycles. The Kier molecular flexibility index (Phi) is 2.98. The number of aliphatic hydroxyl groups excluding tert-OH is 1. The van der Waals surface area contributed by atoms with Crippen LogP contribution >= 0.6 is 0 Å². The summed E-state index contributed by atoms with van der Waals surface area (Å²) in [7, 11) is 0. The Balaban J connectivity index is 2.00. The van der Waals surface area contributed by atoms with Crippen LogP contribution in [0.25, 0.3) is 0 Å². The van der Waals surface area contributed by atoms with Crippen molar-refractivity contribution in [1.82, 2.24) is 9.78 Å². The molecule has 1 heterocycles. The second-order valence-corrected chi connectivity index (χ2v) is 5.82. The molecule has 1 spiro atoms. The molecule has 1 aromatic rings. The van der Waals surface area contributed by atoms with Crippen LogP contribution in [0.4, 0.5) is 0 Å². The van der Waals surface area contributed by atoms with Crippen LogP contribution in [0.1, 0.15) is 51.0 Å². The van der Waals surface area contributed by atoms with Crippen LogP contribution in [0.2, 0.25) is 0 Å². The van der Waals surface area contributed by atoms with Gasteiger partial charge in [0.25, 0.3) is 5.56 Å². The lowest BCUT2D eigenvalue weighted by Gasteiger charge is -2.43. The van der Waals surface area contributed by atoms with Gasteiger partial charge in [0.2, 0.25) is 0 Å². The van der Waals surface area contributed by atoms with E-state index in [1.54, 1.807) is 23.0 Å². The topological polar surface area (TPSA) is 55.1 Å². The monoisotopic (exact) mass is 248 g/mol. The average molecular weight is 248 g/mol. The average Bonchev–Trinajstić information content (AvgIpc) is 2.83. The first-order chi connectivity index (χ1) is 8.71. The molecule has 0 aromatic carbocycles. The van der Waals surface area contributed by atoms with Gasteiger partial charge in [-0.3, -0.25) is 4.79 Å². The van der Waals surface area contributed by atoms with Crippen molar-refractivity contribution in [3.63, 3.8) is 0 Å². The Morgan fingerprint density at radius 2 is 2.11 bits per heavy atom. The van der Waals surface area contributed by atoms with Crippen molar-refractivity contribution in [2.75, 3.05) is 0 Å². The minimum absolute atomic E-state index is 0.0390. The van der Waals surface area contributed by atoms with Crippen LogP contribution in [0.3, 0.4) is 0 Å². The quantitative estimate of drug-likeness (QED) is 0.825. The predicted molar refractivity (Wildman–Crippen MR) is 68.3 cm³/mol. The van der Waals surface area contributed by atoms with E-state index in [4.69, 9.17) is 0 Å². The summed E-state index contributed by atoms with van der Waals surface area (Å²) in [5.74, 6) is 0. The zero-order valence-corrected chi connectivity index (χ0v) is 10.6. The number of rotatable bonds is 1. The Hall–Kier alpha value is -1.16. The number of nitrogens with zero attached hydrogens (tertiary/aromatic N) is 2. The molecule has 1 aromatic heterocycles. The number of hydrogen-bond donors (Lipinski definition) is 1. The Labute approximate surface area is 107 Å². The van der Waals surface area contributed by atoms with Gasteiger partial charge in [-0.15, -0.1) is 0 Å². The number of aliphatic hydroxyl groups is 1. The Morgan fingerprint density at radius 1 is 1.33 bits per heavy atom. The molecule has 0 radical (unpaired) electrons. The third-order valence-corrected chi connectivity index (χ3v) is 4.81. The summed E-state index contributed by atoms with van der Waals surface area (Å²) in [4.78, 5) is 12.0. The molecule has 2 unspecified atom stereocenters. The fourth-order valence-electron chi connectivity index (χ4n) is 3.87. The third kappa shape index (κ3) is 1.88. The molecule has 4 heteroatoms. The Morgan fingerprint density at radius 3 is 2.83 bits per heavy atom. The van der Waals surface area contributed by atoms with Crippen LogP contribution < -0.4 is 5.56 Å². The molecule has 2 saturated carbocycles. The van der Waals surface area contributed by atoms with Gasteiger partial charge in [0.05, 0.1) is 12.1 Å². The molecule has 0 amide bonds. The molecule has 98 valence electrons. The van der Waals surface area contributed by atoms with Crippen LogP contribution in [-0.4, -0.2) is 21.0 Å². The predicted octanol–water partition coefficient (Wildman–Crippen LogP) is 1.89. The van der Waals surface area contributed by atoms with Crippen molar-refractivity contribution in [1.29, 1.82) is 0 Å². The van der Waals surface area contributed by atoms with Gasteiger partial charge in [-0.05, 0) is 43.6 Å². The van der Waals surface area contributed by atoms with Crippen LogP contribution in [-0.2, 0) is 0 Å². The first-order valence-corrected chi connectivity index (χ1v) is 6.93. The van der Waals surface area contributed by atoms with E-state index in [0.29, 0.717) is 6.42 Å². The summed E-state index contributed by atoms with van der Waals surface area (Å²) in [5, 5.41) is 14.2. The second-order valence-electron chi connectivity index (χ2n) is 5.82. The molecular weight excluding hydrogens is 228 g/mol. The minimum atomic E-state index is -0.282. The van der Waals surface area contributed by atoms with Crippen molar-refractivity contribution < 1.29 is 5.11 Å². The molecule has 2 aliphatic rings. The van der Waals surface area contributed by atoms with Gasteiger partial charge >= 0.3 is 0 Å². The third-order valence-electron chi connectivity index (χ3n) is 4.81. The summed E-state index contributed by atoms with van der Waals surface area (Å²) >= 11 is 0. The van der Waals surface area contributed by atoms with Crippen LogP contribution in [0, 0.1) is 5.41 Å². The van der Waals surface area contributed by atoms with Gasteiger partial charge in [0.1, 0.15) is 0 Å². The van der Waals surface area contributed by atoms with Gasteiger partial charge in [-0.2, -0.15) is 5.10 Å². The standard InChI is InChI=1S/C14H20N2O2/c17-11-5-8-14(6-1-2-7-14)12(10-11)16-13(18)4-3-9-15-16/h3-4,9,11-12,17H,1-2,5-8,10H2. The highest BCUT2D eigenvalue weighted by Crippen LogP contribution is 2.54. The second kappa shape index (κ2) is 4.50. The highest BCUT2D eigenvalue weighted by Gasteiger charge is 2.46. The highest BCUT2D eigenvalue weighted by atomic mass is 16.3. The molecule has 0 bridgehead atoms. The highest BCUT2D eigenvalue weighted by molar-refractivity contribution is 4.99. The molecular formula is C14H20N2O2. The van der Waals surface area contributed by atoms with Crippen molar-refractivity contribution >= 4 is 0 Å². The van der Waals surface area contributed by atoms with Crippen molar-refractivity contribution in [3.8, 4) is 0 Å². The zero-order chi connectivity index (χ0) is 12.6. The lowest BCUT2D eigenvalue weighted by atomic mass is 9.68. The zero-order valence-electron chi connectivity index (χ0n) is 10.6. The molecule has 2 fully saturated rings. The van der Waals surface area contributed by atoms with E-state index in [1.807, 2.05) is 0 Å². The van der Waals surface area contributed by atoms with Gasteiger partial charge in [-0.1, -0.05) is 12.8 Å². The van der Waals surface area contributed by atoms with Crippen molar-refractivity contribution in [3.05, 3.63) is 28.7 Å². The van der Waals surface area contributed by atoms with E-state index >= 15 is 0 Å². The first-order valence-electron chi connectivity index (χ1n) is 6.93. The largest absolute Gasteiger partial charge is 0.393 e. The minimum Gasteiger partial charge on any atom is -0.393 e. The summed E-state index contributed by atoms with van der Waals surface area (Å²) < 4.78 is 1.62. The van der Waals surface area contributed by atoms with Crippen molar-refractivity contribution in [2.45, 2.75) is 57.1 Å². The maximum Gasteiger partial charge on any atom is 0.267 e. The summed E-state index contributed by atoms with van der Waals surface area (Å²) in [6, 6.07) is 3.33. The fourth-order valence-corrected chi connectivity index (χ4v) is 3.87. The van der Waals surface area contributed by atoms with Crippen LogP contribution in [0.5, 0.6) is 0 Å².